The third kappa shape index (κ3) is 9.98. The second-order valence-electron chi connectivity index (χ2n) is 9.36. The van der Waals surface area contributed by atoms with Crippen molar-refractivity contribution >= 4 is 64.1 Å². The number of benzene rings is 2. The van der Waals surface area contributed by atoms with E-state index in [0.29, 0.717) is 40.6 Å². The topological polar surface area (TPSA) is 110 Å². The fourth-order valence-electron chi connectivity index (χ4n) is 3.96. The maximum Gasteiger partial charge on any atom is 0.328 e. The number of carbonyl (C=O) groups is 3. The normalized spacial score (nSPS) is 16.1. The lowest BCUT2D eigenvalue weighted by molar-refractivity contribution is -0.146. The van der Waals surface area contributed by atoms with Gasteiger partial charge in [-0.25, -0.2) is 9.78 Å². The molecule has 3 aromatic rings. The number of thioether (sulfide) groups is 1. The van der Waals surface area contributed by atoms with E-state index in [4.69, 9.17) is 32.7 Å². The van der Waals surface area contributed by atoms with Crippen LogP contribution in [0.5, 0.6) is 0 Å². The Morgan fingerprint density at radius 1 is 1.17 bits per heavy atom. The molecule has 2 aromatic carbocycles. The van der Waals surface area contributed by atoms with E-state index in [1.807, 2.05) is 42.5 Å². The van der Waals surface area contributed by atoms with Gasteiger partial charge < -0.3 is 20.1 Å². The van der Waals surface area contributed by atoms with Crippen LogP contribution in [-0.4, -0.2) is 71.8 Å². The van der Waals surface area contributed by atoms with Gasteiger partial charge in [0.1, 0.15) is 18.3 Å². The van der Waals surface area contributed by atoms with Gasteiger partial charge in [0.15, 0.2) is 4.34 Å². The lowest BCUT2D eigenvalue weighted by Gasteiger charge is -2.33. The van der Waals surface area contributed by atoms with E-state index in [9.17, 15) is 14.4 Å². The Morgan fingerprint density at radius 2 is 1.98 bits per heavy atom. The predicted molar refractivity (Wildman–Crippen MR) is 160 cm³/mol. The Labute approximate surface area is 256 Å². The number of nitrogens with one attached hydrogen (secondary N) is 2. The maximum absolute atomic E-state index is 12.5. The van der Waals surface area contributed by atoms with Crippen LogP contribution in [0.15, 0.2) is 58.3 Å². The number of esters is 1. The monoisotopic (exact) mass is 636 g/mol. The molecule has 0 spiro atoms. The molecule has 0 bridgehead atoms. The molecule has 2 heterocycles. The van der Waals surface area contributed by atoms with Gasteiger partial charge in [-0.2, -0.15) is 0 Å². The van der Waals surface area contributed by atoms with Crippen molar-refractivity contribution in [2.75, 3.05) is 32.0 Å². The van der Waals surface area contributed by atoms with Crippen molar-refractivity contribution in [1.29, 1.82) is 0 Å². The number of rotatable bonds is 12. The standard InChI is InChI=1S/C28H30Cl2N4O5S2/c1-18(27(37)39-15-19-5-3-2-4-6-19)32-26(36)24-16-40-28(33-24)41-17-25(35)31-12-21-14-34(9-10-38-21)13-20-7-8-22(29)23(30)11-20/h2-8,11,16,18,21H,9-10,12-15,17H2,1H3,(H,31,35)(H,32,36)/t18-,21?/m0/s1. The largest absolute Gasteiger partial charge is 0.459 e. The van der Waals surface area contributed by atoms with Gasteiger partial charge in [-0.05, 0) is 30.2 Å². The molecule has 1 aromatic heterocycles. The Hall–Kier alpha value is -2.67. The van der Waals surface area contributed by atoms with Crippen LogP contribution in [0.1, 0.15) is 28.5 Å². The molecular weight excluding hydrogens is 607 g/mol. The molecule has 1 saturated heterocycles. The van der Waals surface area contributed by atoms with Crippen LogP contribution < -0.4 is 10.6 Å². The maximum atomic E-state index is 12.5. The lowest BCUT2D eigenvalue weighted by atomic mass is 10.2. The van der Waals surface area contributed by atoms with Gasteiger partial charge in [-0.1, -0.05) is 71.4 Å². The Morgan fingerprint density at radius 3 is 2.76 bits per heavy atom. The summed E-state index contributed by atoms with van der Waals surface area (Å²) in [5.74, 6) is -1.03. The van der Waals surface area contributed by atoms with Crippen molar-refractivity contribution in [1.82, 2.24) is 20.5 Å². The third-order valence-corrected chi connectivity index (χ3v) is 8.87. The molecule has 0 saturated carbocycles. The number of amides is 2. The van der Waals surface area contributed by atoms with E-state index in [1.54, 1.807) is 18.4 Å². The Bertz CT molecular complexity index is 1340. The zero-order valence-corrected chi connectivity index (χ0v) is 25.5. The average Bonchev–Trinajstić information content (AvgIpc) is 3.46. The second-order valence-corrected chi connectivity index (χ2v) is 12.3. The molecule has 9 nitrogen and oxygen atoms in total. The Balaban J connectivity index is 1.15. The van der Waals surface area contributed by atoms with Gasteiger partial charge in [0.2, 0.25) is 5.91 Å². The summed E-state index contributed by atoms with van der Waals surface area (Å²) in [4.78, 5) is 43.8. The number of hydrogen-bond acceptors (Lipinski definition) is 9. The highest BCUT2D eigenvalue weighted by molar-refractivity contribution is 8.01. The number of nitrogens with zero attached hydrogens (tertiary/aromatic N) is 2. The average molecular weight is 638 g/mol. The molecule has 0 radical (unpaired) electrons. The molecule has 1 aliphatic rings. The second kappa shape index (κ2) is 15.5. The summed E-state index contributed by atoms with van der Waals surface area (Å²) in [5.41, 5.74) is 2.10. The summed E-state index contributed by atoms with van der Waals surface area (Å²) in [6.07, 6.45) is -0.128. The minimum atomic E-state index is -0.836. The summed E-state index contributed by atoms with van der Waals surface area (Å²) < 4.78 is 11.7. The summed E-state index contributed by atoms with van der Waals surface area (Å²) in [6, 6.07) is 14.1. The van der Waals surface area contributed by atoms with E-state index in [2.05, 4.69) is 20.5 Å². The first-order valence-electron chi connectivity index (χ1n) is 12.9. The van der Waals surface area contributed by atoms with Crippen molar-refractivity contribution in [3.05, 3.63) is 80.8 Å². The highest BCUT2D eigenvalue weighted by atomic mass is 35.5. The molecule has 1 aliphatic heterocycles. The molecule has 1 unspecified atom stereocenters. The van der Waals surface area contributed by atoms with Gasteiger partial charge in [0.25, 0.3) is 5.91 Å². The van der Waals surface area contributed by atoms with Crippen LogP contribution in [0.4, 0.5) is 0 Å². The predicted octanol–water partition coefficient (Wildman–Crippen LogP) is 4.42. The molecule has 2 amide bonds. The van der Waals surface area contributed by atoms with Crippen molar-refractivity contribution in [2.45, 2.75) is 36.6 Å². The van der Waals surface area contributed by atoms with Gasteiger partial charge in [-0.3, -0.25) is 14.5 Å². The zero-order valence-electron chi connectivity index (χ0n) is 22.3. The minimum absolute atomic E-state index is 0.128. The molecule has 4 rings (SSSR count). The first-order chi connectivity index (χ1) is 19.8. The van der Waals surface area contributed by atoms with Crippen LogP contribution in [0.3, 0.4) is 0 Å². The summed E-state index contributed by atoms with van der Waals surface area (Å²) >= 11 is 14.6. The van der Waals surface area contributed by atoms with E-state index in [1.165, 1.54) is 23.1 Å². The van der Waals surface area contributed by atoms with Crippen LogP contribution in [0.25, 0.3) is 0 Å². The van der Waals surface area contributed by atoms with E-state index >= 15 is 0 Å². The quantitative estimate of drug-likeness (QED) is 0.222. The van der Waals surface area contributed by atoms with E-state index < -0.39 is 17.9 Å². The summed E-state index contributed by atoms with van der Waals surface area (Å²) in [7, 11) is 0. The van der Waals surface area contributed by atoms with Crippen molar-refractivity contribution in [3.63, 3.8) is 0 Å². The number of thiazole rings is 1. The van der Waals surface area contributed by atoms with E-state index in [0.717, 1.165) is 17.7 Å². The van der Waals surface area contributed by atoms with Crippen LogP contribution in [0.2, 0.25) is 10.0 Å². The first kappa shape index (κ1) is 31.3. The smallest absolute Gasteiger partial charge is 0.328 e. The van der Waals surface area contributed by atoms with Crippen molar-refractivity contribution in [3.8, 4) is 0 Å². The number of morpholine rings is 1. The fraction of sp³-hybridized carbons (Fsp3) is 0.357. The number of halogens is 2. The molecule has 41 heavy (non-hydrogen) atoms. The van der Waals surface area contributed by atoms with Gasteiger partial charge in [0.05, 0.1) is 28.5 Å². The van der Waals surface area contributed by atoms with Gasteiger partial charge >= 0.3 is 5.97 Å². The zero-order chi connectivity index (χ0) is 29.2. The van der Waals surface area contributed by atoms with Crippen LogP contribution in [-0.2, 0) is 32.2 Å². The highest BCUT2D eigenvalue weighted by Crippen LogP contribution is 2.24. The molecule has 2 N–H and O–H groups in total. The highest BCUT2D eigenvalue weighted by Gasteiger charge is 2.22. The number of hydrogen-bond donors (Lipinski definition) is 2. The van der Waals surface area contributed by atoms with Gasteiger partial charge in [0, 0.05) is 31.6 Å². The van der Waals surface area contributed by atoms with Gasteiger partial charge in [-0.15, -0.1) is 11.3 Å². The molecule has 218 valence electrons. The van der Waals surface area contributed by atoms with Crippen molar-refractivity contribution in [2.24, 2.45) is 0 Å². The molecule has 13 heteroatoms. The number of aromatic nitrogens is 1. The molecule has 0 aliphatic carbocycles. The summed E-state index contributed by atoms with van der Waals surface area (Å²) in [5, 5.41) is 8.16. The number of ether oxygens (including phenoxy) is 2. The Kier molecular flexibility index (Phi) is 11.8. The van der Waals surface area contributed by atoms with Crippen LogP contribution in [0, 0.1) is 0 Å². The van der Waals surface area contributed by atoms with Crippen molar-refractivity contribution < 1.29 is 23.9 Å². The fourth-order valence-corrected chi connectivity index (χ4v) is 5.92. The third-order valence-electron chi connectivity index (χ3n) is 6.11. The molecular formula is C28H30Cl2N4O5S2. The SMILES string of the molecule is C[C@H](NC(=O)c1csc(SCC(=O)NCC2CN(Cc3ccc(Cl)c(Cl)c3)CCO2)n1)C(=O)OCc1ccccc1. The molecule has 1 fully saturated rings. The minimum Gasteiger partial charge on any atom is -0.459 e. The molecule has 2 atom stereocenters. The number of carbonyl (C=O) groups excluding carboxylic acids is 3. The first-order valence-corrected chi connectivity index (χ1v) is 15.5. The lowest BCUT2D eigenvalue weighted by Crippen LogP contribution is -2.47. The van der Waals surface area contributed by atoms with E-state index in [-0.39, 0.29) is 30.1 Å². The van der Waals surface area contributed by atoms with Crippen LogP contribution >= 0.6 is 46.3 Å². The summed E-state index contributed by atoms with van der Waals surface area (Å²) in [6.45, 7) is 4.83.